The van der Waals surface area contributed by atoms with Crippen molar-refractivity contribution < 1.29 is 9.90 Å². The summed E-state index contributed by atoms with van der Waals surface area (Å²) >= 11 is 0. The number of anilines is 2. The lowest BCUT2D eigenvalue weighted by Gasteiger charge is -2.26. The summed E-state index contributed by atoms with van der Waals surface area (Å²) in [6, 6.07) is 15.6. The smallest absolute Gasteiger partial charge is 0.337 e. The molecule has 3 nitrogen and oxygen atoms in total. The third-order valence-electron chi connectivity index (χ3n) is 3.60. The van der Waals surface area contributed by atoms with Gasteiger partial charge < -0.3 is 10.0 Å². The largest absolute Gasteiger partial charge is 0.478 e. The fraction of sp³-hybridized carbons (Fsp3) is 0.188. The number of fused-ring (bicyclic) bond motifs is 1. The number of para-hydroxylation sites is 2. The first-order chi connectivity index (χ1) is 9.18. The van der Waals surface area contributed by atoms with E-state index in [4.69, 9.17) is 0 Å². The summed E-state index contributed by atoms with van der Waals surface area (Å²) in [6.45, 7) is 2.12. The van der Waals surface area contributed by atoms with Gasteiger partial charge >= 0.3 is 5.97 Å². The van der Waals surface area contributed by atoms with Gasteiger partial charge in [0.15, 0.2) is 0 Å². The number of rotatable bonds is 2. The van der Waals surface area contributed by atoms with E-state index in [0.29, 0.717) is 5.56 Å². The van der Waals surface area contributed by atoms with Crippen molar-refractivity contribution in [3.63, 3.8) is 0 Å². The lowest BCUT2D eigenvalue weighted by atomic mass is 10.1. The maximum atomic E-state index is 11.4. The Bertz CT molecular complexity index is 636. The molecule has 1 aliphatic heterocycles. The predicted octanol–water partition coefficient (Wildman–Crippen LogP) is 3.47. The first kappa shape index (κ1) is 11.8. The molecule has 19 heavy (non-hydrogen) atoms. The Kier molecular flexibility index (Phi) is 2.75. The van der Waals surface area contributed by atoms with E-state index in [1.54, 1.807) is 12.1 Å². The SMILES string of the molecule is C[C@@H]1Cc2ccccc2N1c1ccccc1C(=O)O. The van der Waals surface area contributed by atoms with Gasteiger partial charge in [-0.1, -0.05) is 30.3 Å². The Morgan fingerprint density at radius 1 is 1.11 bits per heavy atom. The Hall–Kier alpha value is -2.29. The highest BCUT2D eigenvalue weighted by atomic mass is 16.4. The number of carboxylic acid groups (broad SMARTS) is 1. The van der Waals surface area contributed by atoms with Crippen molar-refractivity contribution in [1.82, 2.24) is 0 Å². The first-order valence-corrected chi connectivity index (χ1v) is 6.38. The number of aromatic carboxylic acids is 1. The topological polar surface area (TPSA) is 40.5 Å². The lowest BCUT2D eigenvalue weighted by Crippen LogP contribution is -2.25. The Balaban J connectivity index is 2.15. The molecular formula is C16H15NO2. The second-order valence-corrected chi connectivity index (χ2v) is 4.87. The summed E-state index contributed by atoms with van der Waals surface area (Å²) in [5.41, 5.74) is 3.51. The first-order valence-electron chi connectivity index (χ1n) is 6.38. The van der Waals surface area contributed by atoms with Gasteiger partial charge in [-0.25, -0.2) is 4.79 Å². The second kappa shape index (κ2) is 4.43. The van der Waals surface area contributed by atoms with E-state index in [1.165, 1.54) is 5.56 Å². The van der Waals surface area contributed by atoms with Crippen molar-refractivity contribution >= 4 is 17.3 Å². The number of carbonyl (C=O) groups is 1. The molecule has 0 saturated heterocycles. The number of hydrogen-bond donors (Lipinski definition) is 1. The lowest BCUT2D eigenvalue weighted by molar-refractivity contribution is 0.0697. The number of carboxylic acids is 1. The van der Waals surface area contributed by atoms with Crippen LogP contribution >= 0.6 is 0 Å². The summed E-state index contributed by atoms with van der Waals surface area (Å²) < 4.78 is 0. The molecule has 1 heterocycles. The molecule has 3 rings (SSSR count). The molecular weight excluding hydrogens is 238 g/mol. The van der Waals surface area contributed by atoms with E-state index in [2.05, 4.69) is 24.0 Å². The summed E-state index contributed by atoms with van der Waals surface area (Å²) in [7, 11) is 0. The summed E-state index contributed by atoms with van der Waals surface area (Å²) in [6.07, 6.45) is 0.949. The third kappa shape index (κ3) is 1.87. The minimum absolute atomic E-state index is 0.276. The molecule has 2 aromatic carbocycles. The van der Waals surface area contributed by atoms with Crippen LogP contribution in [0.15, 0.2) is 48.5 Å². The van der Waals surface area contributed by atoms with Crippen molar-refractivity contribution in [3.05, 3.63) is 59.7 Å². The van der Waals surface area contributed by atoms with Gasteiger partial charge in [-0.3, -0.25) is 0 Å². The van der Waals surface area contributed by atoms with Crippen LogP contribution in [0, 0.1) is 0 Å². The van der Waals surface area contributed by atoms with Gasteiger partial charge in [0.2, 0.25) is 0 Å². The minimum atomic E-state index is -0.882. The van der Waals surface area contributed by atoms with Gasteiger partial charge in [-0.2, -0.15) is 0 Å². The zero-order chi connectivity index (χ0) is 13.4. The molecule has 0 aliphatic carbocycles. The molecule has 0 saturated carbocycles. The number of hydrogen-bond acceptors (Lipinski definition) is 2. The van der Waals surface area contributed by atoms with E-state index >= 15 is 0 Å². The Labute approximate surface area is 112 Å². The molecule has 3 heteroatoms. The van der Waals surface area contributed by atoms with Crippen LogP contribution in [-0.4, -0.2) is 17.1 Å². The predicted molar refractivity (Wildman–Crippen MR) is 75.1 cm³/mol. The Morgan fingerprint density at radius 2 is 1.74 bits per heavy atom. The maximum Gasteiger partial charge on any atom is 0.337 e. The molecule has 96 valence electrons. The van der Waals surface area contributed by atoms with Crippen molar-refractivity contribution in [2.24, 2.45) is 0 Å². The van der Waals surface area contributed by atoms with Gasteiger partial charge in [-0.15, -0.1) is 0 Å². The van der Waals surface area contributed by atoms with Crippen LogP contribution in [0.2, 0.25) is 0 Å². The average molecular weight is 253 g/mol. The molecule has 1 aliphatic rings. The van der Waals surface area contributed by atoms with Crippen molar-refractivity contribution in [1.29, 1.82) is 0 Å². The van der Waals surface area contributed by atoms with Crippen molar-refractivity contribution in [3.8, 4) is 0 Å². The van der Waals surface area contributed by atoms with Crippen LogP contribution < -0.4 is 4.90 Å². The zero-order valence-electron chi connectivity index (χ0n) is 10.7. The molecule has 0 radical (unpaired) electrons. The van der Waals surface area contributed by atoms with Gasteiger partial charge in [0, 0.05) is 11.7 Å². The molecule has 0 fully saturated rings. The quantitative estimate of drug-likeness (QED) is 0.891. The molecule has 2 aromatic rings. The van der Waals surface area contributed by atoms with Crippen LogP contribution in [0.5, 0.6) is 0 Å². The van der Waals surface area contributed by atoms with Crippen LogP contribution in [0.25, 0.3) is 0 Å². The normalized spacial score (nSPS) is 17.3. The monoisotopic (exact) mass is 253 g/mol. The summed E-state index contributed by atoms with van der Waals surface area (Å²) in [5, 5.41) is 9.33. The van der Waals surface area contributed by atoms with Crippen LogP contribution in [0.1, 0.15) is 22.8 Å². The van der Waals surface area contributed by atoms with E-state index < -0.39 is 5.97 Å². The van der Waals surface area contributed by atoms with E-state index in [-0.39, 0.29) is 6.04 Å². The molecule has 1 atom stereocenters. The third-order valence-corrected chi connectivity index (χ3v) is 3.60. The maximum absolute atomic E-state index is 11.4. The number of nitrogens with zero attached hydrogens (tertiary/aromatic N) is 1. The molecule has 0 amide bonds. The summed E-state index contributed by atoms with van der Waals surface area (Å²) in [4.78, 5) is 13.5. The minimum Gasteiger partial charge on any atom is -0.478 e. The van der Waals surface area contributed by atoms with Crippen LogP contribution in [0.3, 0.4) is 0 Å². The van der Waals surface area contributed by atoms with Gasteiger partial charge in [0.25, 0.3) is 0 Å². The zero-order valence-corrected chi connectivity index (χ0v) is 10.7. The molecule has 0 aromatic heterocycles. The fourth-order valence-electron chi connectivity index (χ4n) is 2.80. The van der Waals surface area contributed by atoms with E-state index in [0.717, 1.165) is 17.8 Å². The highest BCUT2D eigenvalue weighted by Gasteiger charge is 2.29. The standard InChI is InChI=1S/C16H15NO2/c1-11-10-12-6-2-4-8-14(12)17(11)15-9-5-3-7-13(15)16(18)19/h2-9,11H,10H2,1H3,(H,18,19)/t11-/m1/s1. The number of benzene rings is 2. The highest BCUT2D eigenvalue weighted by Crippen LogP contribution is 2.39. The second-order valence-electron chi connectivity index (χ2n) is 4.87. The highest BCUT2D eigenvalue weighted by molar-refractivity contribution is 5.96. The van der Waals surface area contributed by atoms with Crippen molar-refractivity contribution in [2.45, 2.75) is 19.4 Å². The van der Waals surface area contributed by atoms with Gasteiger partial charge in [0.1, 0.15) is 0 Å². The van der Waals surface area contributed by atoms with Gasteiger partial charge in [0.05, 0.1) is 11.3 Å². The van der Waals surface area contributed by atoms with E-state index in [1.807, 2.05) is 24.3 Å². The average Bonchev–Trinajstić information content (AvgIpc) is 2.74. The van der Waals surface area contributed by atoms with Crippen LogP contribution in [-0.2, 0) is 6.42 Å². The van der Waals surface area contributed by atoms with E-state index in [9.17, 15) is 9.90 Å². The van der Waals surface area contributed by atoms with Crippen LogP contribution in [0.4, 0.5) is 11.4 Å². The fourth-order valence-corrected chi connectivity index (χ4v) is 2.80. The molecule has 0 unspecified atom stereocenters. The Morgan fingerprint density at radius 3 is 2.47 bits per heavy atom. The van der Waals surface area contributed by atoms with Crippen molar-refractivity contribution in [2.75, 3.05) is 4.90 Å². The molecule has 1 N–H and O–H groups in total. The molecule has 0 spiro atoms. The summed E-state index contributed by atoms with van der Waals surface area (Å²) in [5.74, 6) is -0.882. The van der Waals surface area contributed by atoms with Gasteiger partial charge in [-0.05, 0) is 37.1 Å². The molecule has 0 bridgehead atoms.